The summed E-state index contributed by atoms with van der Waals surface area (Å²) in [5, 5.41) is 3.10. The lowest BCUT2D eigenvalue weighted by Crippen LogP contribution is -2.45. The van der Waals surface area contributed by atoms with Crippen LogP contribution in [0.2, 0.25) is 0 Å². The van der Waals surface area contributed by atoms with Crippen LogP contribution < -0.4 is 4.90 Å². The molecule has 1 amide bonds. The Morgan fingerprint density at radius 2 is 2.27 bits per heavy atom. The Morgan fingerprint density at radius 1 is 1.41 bits per heavy atom. The number of nitrogens with zero attached hydrogens (tertiary/aromatic N) is 4. The topological polar surface area (TPSA) is 49.3 Å². The van der Waals surface area contributed by atoms with Crippen molar-refractivity contribution < 1.29 is 4.79 Å². The van der Waals surface area contributed by atoms with E-state index in [0.717, 1.165) is 47.9 Å². The number of anilines is 1. The van der Waals surface area contributed by atoms with Gasteiger partial charge in [-0.15, -0.1) is 11.3 Å². The van der Waals surface area contributed by atoms with Crippen LogP contribution in [-0.4, -0.2) is 47.0 Å². The van der Waals surface area contributed by atoms with E-state index in [0.29, 0.717) is 0 Å². The lowest BCUT2D eigenvalue weighted by atomic mass is 10.2. The molecule has 0 unspecified atom stereocenters. The molecule has 0 aromatic carbocycles. The monoisotopic (exact) mass is 316 g/mol. The Morgan fingerprint density at radius 3 is 3.09 bits per heavy atom. The summed E-state index contributed by atoms with van der Waals surface area (Å²) in [6.45, 7) is 1.80. The van der Waals surface area contributed by atoms with Gasteiger partial charge in [-0.05, 0) is 43.0 Å². The van der Waals surface area contributed by atoms with Crippen molar-refractivity contribution >= 4 is 33.3 Å². The second-order valence-electron chi connectivity index (χ2n) is 6.35. The SMILES string of the molecule is CN(CC1CC1)C(=O)[C@@H]1CCCN1c1ncnc2sccc12. The van der Waals surface area contributed by atoms with E-state index in [1.165, 1.54) is 12.8 Å². The molecule has 2 aliphatic rings. The summed E-state index contributed by atoms with van der Waals surface area (Å²) in [4.78, 5) is 26.7. The Balaban J connectivity index is 1.60. The molecule has 4 rings (SSSR count). The van der Waals surface area contributed by atoms with Gasteiger partial charge in [-0.25, -0.2) is 9.97 Å². The molecular formula is C16H20N4OS. The minimum atomic E-state index is -0.0678. The zero-order chi connectivity index (χ0) is 15.1. The van der Waals surface area contributed by atoms with E-state index in [1.54, 1.807) is 17.7 Å². The van der Waals surface area contributed by atoms with E-state index in [1.807, 2.05) is 17.3 Å². The standard InChI is InChI=1S/C16H20N4OS/c1-19(9-11-4-5-11)16(21)13-3-2-7-20(13)14-12-6-8-22-15(12)18-10-17-14/h6,8,10-11,13H,2-5,7,9H2,1H3/t13-/m0/s1. The van der Waals surface area contributed by atoms with Gasteiger partial charge in [0, 0.05) is 20.1 Å². The molecule has 1 aliphatic heterocycles. The largest absolute Gasteiger partial charge is 0.344 e. The fourth-order valence-electron chi connectivity index (χ4n) is 3.31. The van der Waals surface area contributed by atoms with Gasteiger partial charge in [0.2, 0.25) is 5.91 Å². The predicted molar refractivity (Wildman–Crippen MR) is 88.1 cm³/mol. The quantitative estimate of drug-likeness (QED) is 0.870. The van der Waals surface area contributed by atoms with Gasteiger partial charge in [-0.2, -0.15) is 0 Å². The highest BCUT2D eigenvalue weighted by atomic mass is 32.1. The third kappa shape index (κ3) is 2.45. The van der Waals surface area contributed by atoms with Crippen molar-refractivity contribution in [1.29, 1.82) is 0 Å². The van der Waals surface area contributed by atoms with Crippen LogP contribution in [0.5, 0.6) is 0 Å². The van der Waals surface area contributed by atoms with Gasteiger partial charge < -0.3 is 9.80 Å². The molecule has 0 radical (unpaired) electrons. The predicted octanol–water partition coefficient (Wildman–Crippen LogP) is 2.53. The van der Waals surface area contributed by atoms with E-state index < -0.39 is 0 Å². The maximum Gasteiger partial charge on any atom is 0.245 e. The first-order valence-electron chi connectivity index (χ1n) is 7.94. The molecule has 1 saturated carbocycles. The number of fused-ring (bicyclic) bond motifs is 1. The normalized spacial score (nSPS) is 21.5. The van der Waals surface area contributed by atoms with Gasteiger partial charge in [-0.1, -0.05) is 0 Å². The zero-order valence-electron chi connectivity index (χ0n) is 12.7. The Labute approximate surface area is 134 Å². The van der Waals surface area contributed by atoms with Gasteiger partial charge in [0.25, 0.3) is 0 Å². The van der Waals surface area contributed by atoms with Gasteiger partial charge in [0.1, 0.15) is 23.0 Å². The van der Waals surface area contributed by atoms with E-state index in [4.69, 9.17) is 0 Å². The first kappa shape index (κ1) is 13.9. The van der Waals surface area contributed by atoms with Crippen molar-refractivity contribution in [1.82, 2.24) is 14.9 Å². The average molecular weight is 316 g/mol. The van der Waals surface area contributed by atoms with Crippen molar-refractivity contribution in [3.05, 3.63) is 17.8 Å². The number of hydrogen-bond acceptors (Lipinski definition) is 5. The van der Waals surface area contributed by atoms with E-state index in [-0.39, 0.29) is 11.9 Å². The average Bonchev–Trinajstić information content (AvgIpc) is 3.05. The molecule has 5 nitrogen and oxygen atoms in total. The van der Waals surface area contributed by atoms with Crippen LogP contribution in [0.15, 0.2) is 17.8 Å². The van der Waals surface area contributed by atoms with Gasteiger partial charge in [0.05, 0.1) is 5.39 Å². The molecule has 1 saturated heterocycles. The summed E-state index contributed by atoms with van der Waals surface area (Å²) in [6, 6.07) is 1.99. The smallest absolute Gasteiger partial charge is 0.245 e. The lowest BCUT2D eigenvalue weighted by molar-refractivity contribution is -0.131. The highest BCUT2D eigenvalue weighted by Crippen LogP contribution is 2.33. The molecule has 6 heteroatoms. The number of carbonyl (C=O) groups excluding carboxylic acids is 1. The molecule has 22 heavy (non-hydrogen) atoms. The van der Waals surface area contributed by atoms with Crippen LogP contribution in [-0.2, 0) is 4.79 Å². The van der Waals surface area contributed by atoms with Gasteiger partial charge >= 0.3 is 0 Å². The molecule has 1 aliphatic carbocycles. The van der Waals surface area contributed by atoms with Crippen LogP contribution in [0.4, 0.5) is 5.82 Å². The summed E-state index contributed by atoms with van der Waals surface area (Å²) < 4.78 is 0. The fourth-order valence-corrected chi connectivity index (χ4v) is 4.04. The molecular weight excluding hydrogens is 296 g/mol. The summed E-state index contributed by atoms with van der Waals surface area (Å²) >= 11 is 1.62. The summed E-state index contributed by atoms with van der Waals surface area (Å²) in [7, 11) is 1.94. The molecule has 116 valence electrons. The number of amides is 1. The third-order valence-corrected chi connectivity index (χ3v) is 5.48. The number of likely N-dealkylation sites (N-methyl/N-ethyl adjacent to an activating group) is 1. The van der Waals surface area contributed by atoms with Crippen molar-refractivity contribution in [3.8, 4) is 0 Å². The maximum absolute atomic E-state index is 12.8. The Hall–Kier alpha value is -1.69. The number of thiophene rings is 1. The maximum atomic E-state index is 12.8. The summed E-state index contributed by atoms with van der Waals surface area (Å²) in [6.07, 6.45) is 6.12. The van der Waals surface area contributed by atoms with Crippen molar-refractivity contribution in [2.45, 2.75) is 31.7 Å². The summed E-state index contributed by atoms with van der Waals surface area (Å²) in [5.41, 5.74) is 0. The molecule has 0 N–H and O–H groups in total. The van der Waals surface area contributed by atoms with E-state index in [9.17, 15) is 4.79 Å². The third-order valence-electron chi connectivity index (χ3n) is 4.66. The van der Waals surface area contributed by atoms with Crippen LogP contribution in [0, 0.1) is 5.92 Å². The molecule has 2 fully saturated rings. The second-order valence-corrected chi connectivity index (χ2v) is 7.24. The fraction of sp³-hybridized carbons (Fsp3) is 0.562. The number of aromatic nitrogens is 2. The second kappa shape index (κ2) is 5.50. The van der Waals surface area contributed by atoms with Gasteiger partial charge in [-0.3, -0.25) is 4.79 Å². The van der Waals surface area contributed by atoms with Crippen molar-refractivity contribution in [3.63, 3.8) is 0 Å². The number of rotatable bonds is 4. The molecule has 1 atom stereocenters. The van der Waals surface area contributed by atoms with Crippen LogP contribution in [0.25, 0.3) is 10.2 Å². The van der Waals surface area contributed by atoms with E-state index in [2.05, 4.69) is 20.9 Å². The minimum Gasteiger partial charge on any atom is -0.344 e. The van der Waals surface area contributed by atoms with Crippen molar-refractivity contribution in [2.24, 2.45) is 5.92 Å². The Kier molecular flexibility index (Phi) is 3.48. The summed E-state index contributed by atoms with van der Waals surface area (Å²) in [5.74, 6) is 1.89. The molecule has 2 aromatic rings. The molecule has 0 bridgehead atoms. The first-order valence-corrected chi connectivity index (χ1v) is 8.82. The highest BCUT2D eigenvalue weighted by Gasteiger charge is 2.35. The minimum absolute atomic E-state index is 0.0678. The molecule has 3 heterocycles. The van der Waals surface area contributed by atoms with Crippen LogP contribution in [0.3, 0.4) is 0 Å². The highest BCUT2D eigenvalue weighted by molar-refractivity contribution is 7.16. The van der Waals surface area contributed by atoms with Crippen LogP contribution in [0.1, 0.15) is 25.7 Å². The number of hydrogen-bond donors (Lipinski definition) is 0. The van der Waals surface area contributed by atoms with Crippen molar-refractivity contribution in [2.75, 3.05) is 25.0 Å². The zero-order valence-corrected chi connectivity index (χ0v) is 13.6. The lowest BCUT2D eigenvalue weighted by Gasteiger charge is -2.29. The van der Waals surface area contributed by atoms with Gasteiger partial charge in [0.15, 0.2) is 0 Å². The number of carbonyl (C=O) groups is 1. The molecule has 2 aromatic heterocycles. The van der Waals surface area contributed by atoms with Crippen LogP contribution >= 0.6 is 11.3 Å². The Bertz CT molecular complexity index is 696. The first-order chi connectivity index (χ1) is 10.7. The molecule has 0 spiro atoms. The van der Waals surface area contributed by atoms with E-state index >= 15 is 0 Å².